The first kappa shape index (κ1) is 48.6. The number of hydrogen-bond acceptors (Lipinski definition) is 3. The van der Waals surface area contributed by atoms with E-state index in [-0.39, 0.29) is 42.8 Å². The second kappa shape index (κ2) is 20.0. The maximum atomic E-state index is 10.1. The van der Waals surface area contributed by atoms with Gasteiger partial charge < -0.3 is 14.0 Å². The molecule has 73 heavy (non-hydrogen) atoms. The number of nitrogens with zero attached hydrogens (tertiary/aromatic N) is 3. The van der Waals surface area contributed by atoms with Gasteiger partial charge in [0.25, 0.3) is 0 Å². The molecular weight excluding hydrogens is 1070 g/mol. The Hall–Kier alpha value is -6.65. The minimum Gasteiger partial charge on any atom is -0.501 e. The molecule has 0 N–H and O–H groups in total. The van der Waals surface area contributed by atoms with Crippen LogP contribution in [0.3, 0.4) is 0 Å². The van der Waals surface area contributed by atoms with Crippen molar-refractivity contribution in [3.63, 3.8) is 0 Å². The number of rotatable bonds is 7. The zero-order valence-corrected chi connectivity index (χ0v) is 46.0. The van der Waals surface area contributed by atoms with Crippen molar-refractivity contribution < 1.29 is 25.9 Å². The summed E-state index contributed by atoms with van der Waals surface area (Å²) in [6.45, 7) is 20.5. The summed E-state index contributed by atoms with van der Waals surface area (Å²) in [5.41, 5.74) is 15.3. The first-order valence-corrected chi connectivity index (χ1v) is 25.9. The molecule has 0 saturated heterocycles. The van der Waals surface area contributed by atoms with E-state index in [0.29, 0.717) is 0 Å². The average molecular weight is 1130 g/mol. The van der Waals surface area contributed by atoms with Crippen molar-refractivity contribution in [1.82, 2.24) is 14.5 Å². The fourth-order valence-corrected chi connectivity index (χ4v) is 10.9. The quantitative estimate of drug-likeness (QED) is 0.118. The van der Waals surface area contributed by atoms with Gasteiger partial charge in [-0.2, -0.15) is 0 Å². The van der Waals surface area contributed by atoms with Crippen LogP contribution >= 0.6 is 0 Å². The molecule has 1 fully saturated rings. The Labute approximate surface area is 446 Å². The molecule has 0 spiro atoms. The summed E-state index contributed by atoms with van der Waals surface area (Å²) in [6.07, 6.45) is 5.49. The van der Waals surface area contributed by atoms with Crippen LogP contribution in [0, 0.1) is 17.5 Å². The van der Waals surface area contributed by atoms with Crippen molar-refractivity contribution in [2.75, 3.05) is 0 Å². The number of hydrogen-bond donors (Lipinski definition) is 0. The van der Waals surface area contributed by atoms with Crippen molar-refractivity contribution in [2.24, 2.45) is 5.41 Å². The summed E-state index contributed by atoms with van der Waals surface area (Å²) < 4.78 is 19.7. The zero-order chi connectivity index (χ0) is 50.8. The van der Waals surface area contributed by atoms with Gasteiger partial charge in [0, 0.05) is 38.7 Å². The molecule has 5 heteroatoms. The van der Waals surface area contributed by atoms with Crippen LogP contribution in [0.25, 0.3) is 94.0 Å². The monoisotopic (exact) mass is 1130 g/mol. The van der Waals surface area contributed by atoms with E-state index in [1.165, 1.54) is 55.0 Å². The van der Waals surface area contributed by atoms with Crippen LogP contribution in [0.15, 0.2) is 168 Å². The molecule has 11 aromatic rings. The number of para-hydroxylation sites is 2. The molecule has 1 aliphatic carbocycles. The number of fused-ring (bicyclic) bond motifs is 7. The van der Waals surface area contributed by atoms with E-state index < -0.39 is 5.89 Å². The van der Waals surface area contributed by atoms with Crippen LogP contribution in [0.4, 0.5) is 0 Å². The Balaban J connectivity index is 0.000000315. The summed E-state index contributed by atoms with van der Waals surface area (Å²) in [4.78, 5) is 9.85. The van der Waals surface area contributed by atoms with E-state index in [0.717, 1.165) is 86.9 Å². The van der Waals surface area contributed by atoms with Crippen molar-refractivity contribution in [3.05, 3.63) is 198 Å². The topological polar surface area (TPSA) is 43.9 Å². The van der Waals surface area contributed by atoms with Gasteiger partial charge in [-0.3, -0.25) is 4.98 Å². The number of furan rings is 1. The summed E-state index contributed by atoms with van der Waals surface area (Å²) in [7, 11) is 0. The van der Waals surface area contributed by atoms with Crippen molar-refractivity contribution in [1.29, 1.82) is 0 Å². The van der Waals surface area contributed by atoms with Gasteiger partial charge in [-0.1, -0.05) is 171 Å². The fraction of sp³-hybridized carbons (Fsp3) is 0.265. The molecule has 0 amide bonds. The van der Waals surface area contributed by atoms with Crippen LogP contribution in [0.1, 0.15) is 129 Å². The Morgan fingerprint density at radius 3 is 2.10 bits per heavy atom. The predicted molar refractivity (Wildman–Crippen MR) is 303 cm³/mol. The minimum absolute atomic E-state index is 0. The smallest absolute Gasteiger partial charge is 0.121 e. The Kier molecular flexibility index (Phi) is 13.3. The van der Waals surface area contributed by atoms with E-state index in [2.05, 4.69) is 217 Å². The molecule has 1 aliphatic rings. The van der Waals surface area contributed by atoms with Crippen molar-refractivity contribution in [3.8, 4) is 39.5 Å². The molecule has 1 radical (unpaired) electrons. The van der Waals surface area contributed by atoms with Crippen LogP contribution in [0.5, 0.6) is 0 Å². The standard InChI is InChI=1S/C53H49N2O.C15H16N.Ir/c1-32(2)42-29-38(34-14-8-7-9-15-34)30-43(33(3)4)50(42)55-47-19-13-12-18-46(47)54-52(55)41-23-22-40(36-24-26-53(5,6)27-25-36)49-45-28-37-21-20-35-16-10-11-17-39(35)44(37)31-48(45)56-51(41)49;1-15(2,3)13-9-10-16-14(11-13)12-7-5-4-6-8-12;/h7-22,28-33,36H,24-27H2,1-6H3;4-7,9-11H,1-3H3;/q2*-1;/i36D;;. The van der Waals surface area contributed by atoms with Crippen LogP contribution in [-0.4, -0.2) is 14.5 Å². The van der Waals surface area contributed by atoms with E-state index in [1.807, 2.05) is 30.5 Å². The van der Waals surface area contributed by atoms with Gasteiger partial charge in [-0.15, -0.1) is 53.6 Å². The largest absolute Gasteiger partial charge is 0.501 e. The Morgan fingerprint density at radius 2 is 1.38 bits per heavy atom. The molecule has 3 heterocycles. The van der Waals surface area contributed by atoms with Gasteiger partial charge in [0.05, 0.1) is 22.4 Å². The molecule has 1 saturated carbocycles. The average Bonchev–Trinajstić information content (AvgIpc) is 3.98. The molecule has 0 aliphatic heterocycles. The maximum absolute atomic E-state index is 10.1. The fourth-order valence-electron chi connectivity index (χ4n) is 10.9. The molecule has 0 unspecified atom stereocenters. The molecule has 8 aromatic carbocycles. The Morgan fingerprint density at radius 1 is 0.699 bits per heavy atom. The van der Waals surface area contributed by atoms with Crippen molar-refractivity contribution >= 4 is 54.5 Å². The summed E-state index contributed by atoms with van der Waals surface area (Å²) in [6, 6.07) is 62.8. The van der Waals surface area contributed by atoms with E-state index in [9.17, 15) is 1.37 Å². The Bertz CT molecular complexity index is 3800. The second-order valence-corrected chi connectivity index (χ2v) is 22.4. The number of aromatic nitrogens is 3. The third-order valence-corrected chi connectivity index (χ3v) is 15.1. The maximum Gasteiger partial charge on any atom is 0.121 e. The van der Waals surface area contributed by atoms with E-state index in [4.69, 9.17) is 9.40 Å². The van der Waals surface area contributed by atoms with E-state index in [1.54, 1.807) is 0 Å². The van der Waals surface area contributed by atoms with Crippen LogP contribution in [0.2, 0.25) is 0 Å². The van der Waals surface area contributed by atoms with Crippen LogP contribution in [-0.2, 0) is 25.5 Å². The predicted octanol–water partition coefficient (Wildman–Crippen LogP) is 19.1. The first-order chi connectivity index (χ1) is 35.1. The molecular formula is C68H65IrN3O-2. The zero-order valence-electron chi connectivity index (χ0n) is 44.7. The van der Waals surface area contributed by atoms with Gasteiger partial charge in [-0.25, -0.2) is 0 Å². The number of benzene rings is 8. The molecule has 0 atom stereocenters. The summed E-state index contributed by atoms with van der Waals surface area (Å²) >= 11 is 0. The number of imidazole rings is 1. The van der Waals surface area contributed by atoms with Gasteiger partial charge >= 0.3 is 0 Å². The summed E-state index contributed by atoms with van der Waals surface area (Å²) in [5, 5.41) is 6.82. The number of pyridine rings is 1. The van der Waals surface area contributed by atoms with Gasteiger partial charge in [-0.05, 0) is 139 Å². The molecule has 3 aromatic heterocycles. The SMILES string of the molecule is CC(C)(C)c1ccnc(-c2[c-]cccc2)c1.[2H]C1(c2c[c-]c(-c3nc4ccccc4n3-c3c(C(C)C)cc(-c4ccccc4)cc3C(C)C)c3oc4cc5c(ccc6ccccc65)cc4c23)CCC(C)(C)CC1.[Ir]. The molecule has 0 bridgehead atoms. The molecule has 369 valence electrons. The van der Waals surface area contributed by atoms with Gasteiger partial charge in [0.2, 0.25) is 0 Å². The van der Waals surface area contributed by atoms with Crippen LogP contribution < -0.4 is 0 Å². The summed E-state index contributed by atoms with van der Waals surface area (Å²) in [5.74, 6) is 0.547. The normalized spacial score (nSPS) is 14.7. The van der Waals surface area contributed by atoms with Gasteiger partial charge in [0.15, 0.2) is 0 Å². The molecule has 12 rings (SSSR count). The first-order valence-electron chi connectivity index (χ1n) is 26.4. The third-order valence-electron chi connectivity index (χ3n) is 15.1. The minimum atomic E-state index is -0.749. The van der Waals surface area contributed by atoms with E-state index >= 15 is 0 Å². The second-order valence-electron chi connectivity index (χ2n) is 22.4. The van der Waals surface area contributed by atoms with Crippen molar-refractivity contribution in [2.45, 2.75) is 111 Å². The third kappa shape index (κ3) is 9.59. The molecule has 4 nitrogen and oxygen atoms in total. The van der Waals surface area contributed by atoms with Gasteiger partial charge in [0.1, 0.15) is 5.58 Å².